The Labute approximate surface area is 104 Å². The van der Waals surface area contributed by atoms with E-state index >= 15 is 0 Å². The molecule has 0 saturated carbocycles. The Morgan fingerprint density at radius 3 is 2.57 bits per heavy atom. The van der Waals surface area contributed by atoms with E-state index in [9.17, 15) is 0 Å². The van der Waals surface area contributed by atoms with Gasteiger partial charge in [-0.25, -0.2) is 4.98 Å². The summed E-state index contributed by atoms with van der Waals surface area (Å²) in [5.74, 6) is 3.16. The van der Waals surface area contributed by atoms with Crippen LogP contribution in [0.15, 0.2) is 12.3 Å². The molecule has 0 aliphatic rings. The van der Waals surface area contributed by atoms with Gasteiger partial charge in [0.2, 0.25) is 0 Å². The first kappa shape index (κ1) is 12.0. The maximum Gasteiger partial charge on any atom is 0.130 e. The maximum atomic E-state index is 5.75. The summed E-state index contributed by atoms with van der Waals surface area (Å²) < 4.78 is 1.06. The molecule has 0 saturated heterocycles. The normalized spacial score (nSPS) is 10.6. The molecule has 1 heterocycles. The first-order valence-electron chi connectivity index (χ1n) is 4.23. The lowest BCUT2D eigenvalue weighted by atomic mass is 10.3. The van der Waals surface area contributed by atoms with E-state index < -0.39 is 8.07 Å². The first-order valence-corrected chi connectivity index (χ1v) is 9.18. The van der Waals surface area contributed by atoms with Crippen LogP contribution in [-0.2, 0) is 0 Å². The van der Waals surface area contributed by atoms with Crippen molar-refractivity contribution in [1.29, 1.82) is 0 Å². The summed E-state index contributed by atoms with van der Waals surface area (Å²) in [7, 11) is -1.30. The van der Waals surface area contributed by atoms with E-state index in [0.717, 1.165) is 9.13 Å². The topological polar surface area (TPSA) is 12.9 Å². The van der Waals surface area contributed by atoms with Crippen molar-refractivity contribution in [2.75, 3.05) is 0 Å². The van der Waals surface area contributed by atoms with Crippen molar-refractivity contribution in [2.45, 2.75) is 19.6 Å². The third-order valence-corrected chi connectivity index (χ3v) is 3.37. The van der Waals surface area contributed by atoms with Crippen molar-refractivity contribution in [3.8, 4) is 11.5 Å². The van der Waals surface area contributed by atoms with Crippen LogP contribution in [-0.4, -0.2) is 13.1 Å². The molecule has 0 fully saturated rings. The molecule has 1 aromatic heterocycles. The predicted molar refractivity (Wildman–Crippen MR) is 72.2 cm³/mol. The van der Waals surface area contributed by atoms with Gasteiger partial charge in [0.25, 0.3) is 0 Å². The zero-order valence-electron chi connectivity index (χ0n) is 8.36. The van der Waals surface area contributed by atoms with Crippen molar-refractivity contribution in [2.24, 2.45) is 0 Å². The molecule has 0 N–H and O–H groups in total. The highest BCUT2D eigenvalue weighted by Crippen LogP contribution is 2.14. The van der Waals surface area contributed by atoms with Crippen molar-refractivity contribution in [3.05, 3.63) is 26.5 Å². The molecule has 14 heavy (non-hydrogen) atoms. The number of pyridine rings is 1. The fourth-order valence-corrected chi connectivity index (χ4v) is 2.18. The van der Waals surface area contributed by atoms with Gasteiger partial charge in [-0.1, -0.05) is 37.2 Å². The number of hydrogen-bond acceptors (Lipinski definition) is 1. The highest BCUT2D eigenvalue weighted by molar-refractivity contribution is 14.1. The first-order chi connectivity index (χ1) is 6.38. The molecule has 74 valence electrons. The van der Waals surface area contributed by atoms with Crippen LogP contribution in [0.25, 0.3) is 0 Å². The minimum absolute atomic E-state index is 0.521. The van der Waals surface area contributed by atoms with Crippen LogP contribution in [0.4, 0.5) is 0 Å². The maximum absolute atomic E-state index is 5.75. The Morgan fingerprint density at radius 2 is 2.07 bits per heavy atom. The zero-order valence-corrected chi connectivity index (χ0v) is 12.3. The second-order valence-electron chi connectivity index (χ2n) is 3.99. The summed E-state index contributed by atoms with van der Waals surface area (Å²) in [6, 6.07) is 1.83. The van der Waals surface area contributed by atoms with Gasteiger partial charge in [-0.3, -0.25) is 0 Å². The summed E-state index contributed by atoms with van der Waals surface area (Å²) in [5.41, 5.74) is 4.27. The molecule has 0 unspecified atom stereocenters. The van der Waals surface area contributed by atoms with Crippen LogP contribution in [0.2, 0.25) is 24.8 Å². The Balaban J connectivity index is 3.02. The largest absolute Gasteiger partial charge is 0.243 e. The Hall–Kier alpha value is -0.0531. The molecule has 0 radical (unpaired) electrons. The van der Waals surface area contributed by atoms with E-state index in [1.165, 1.54) is 0 Å². The van der Waals surface area contributed by atoms with Crippen LogP contribution in [0.5, 0.6) is 0 Å². The number of rotatable bonds is 0. The molecule has 0 spiro atoms. The van der Waals surface area contributed by atoms with E-state index in [1.54, 1.807) is 6.20 Å². The fourth-order valence-electron chi connectivity index (χ4n) is 0.754. The summed E-state index contributed by atoms with van der Waals surface area (Å²) in [6.45, 7) is 6.66. The molecule has 0 aliphatic carbocycles. The van der Waals surface area contributed by atoms with Gasteiger partial charge in [0.15, 0.2) is 0 Å². The van der Waals surface area contributed by atoms with Gasteiger partial charge < -0.3 is 0 Å². The molecule has 1 nitrogen and oxygen atoms in total. The lowest BCUT2D eigenvalue weighted by molar-refractivity contribution is 1.30. The van der Waals surface area contributed by atoms with Crippen LogP contribution in [0.3, 0.4) is 0 Å². The van der Waals surface area contributed by atoms with Gasteiger partial charge >= 0.3 is 0 Å². The van der Waals surface area contributed by atoms with Crippen LogP contribution >= 0.6 is 34.2 Å². The van der Waals surface area contributed by atoms with Crippen molar-refractivity contribution in [3.63, 3.8) is 0 Å². The number of nitrogens with zero attached hydrogens (tertiary/aromatic N) is 1. The lowest BCUT2D eigenvalue weighted by Crippen LogP contribution is -2.16. The molecule has 1 rings (SSSR count). The minimum Gasteiger partial charge on any atom is -0.243 e. The van der Waals surface area contributed by atoms with Crippen LogP contribution in [0.1, 0.15) is 5.56 Å². The standard InChI is InChI=1S/C10H11ClINSi/c1-14(2,3)5-4-8-7-13-10(11)6-9(8)12/h6-7H,1-3H3. The van der Waals surface area contributed by atoms with Gasteiger partial charge in [-0.15, -0.1) is 5.54 Å². The van der Waals surface area contributed by atoms with Gasteiger partial charge in [0.1, 0.15) is 13.2 Å². The molecule has 0 aromatic carbocycles. The highest BCUT2D eigenvalue weighted by atomic mass is 127. The fraction of sp³-hybridized carbons (Fsp3) is 0.300. The second-order valence-corrected chi connectivity index (χ2v) is 10.3. The highest BCUT2D eigenvalue weighted by Gasteiger charge is 2.08. The quantitative estimate of drug-likeness (QED) is 0.306. The Morgan fingerprint density at radius 1 is 1.43 bits per heavy atom. The van der Waals surface area contributed by atoms with Crippen molar-refractivity contribution in [1.82, 2.24) is 4.98 Å². The number of aromatic nitrogens is 1. The number of hydrogen-bond donors (Lipinski definition) is 0. The third-order valence-electron chi connectivity index (χ3n) is 1.39. The summed E-state index contributed by atoms with van der Waals surface area (Å²) in [6.07, 6.45) is 1.73. The van der Waals surface area contributed by atoms with Crippen LogP contribution in [0, 0.1) is 15.0 Å². The minimum atomic E-state index is -1.30. The van der Waals surface area contributed by atoms with Crippen molar-refractivity contribution < 1.29 is 0 Å². The van der Waals surface area contributed by atoms with E-state index in [-0.39, 0.29) is 0 Å². The molecule has 1 aromatic rings. The van der Waals surface area contributed by atoms with Crippen LogP contribution < -0.4 is 0 Å². The average molecular weight is 336 g/mol. The molecule has 0 atom stereocenters. The SMILES string of the molecule is C[Si](C)(C)C#Cc1cnc(Cl)cc1I. The van der Waals surface area contributed by atoms with E-state index in [2.05, 4.69) is 58.7 Å². The molecular weight excluding hydrogens is 325 g/mol. The van der Waals surface area contributed by atoms with Gasteiger partial charge in [-0.2, -0.15) is 0 Å². The average Bonchev–Trinajstić information content (AvgIpc) is 2.00. The Kier molecular flexibility index (Phi) is 3.99. The summed E-state index contributed by atoms with van der Waals surface area (Å²) in [5, 5.41) is 0.521. The molecule has 0 amide bonds. The molecule has 0 bridgehead atoms. The molecule has 0 aliphatic heterocycles. The van der Waals surface area contributed by atoms with E-state index in [0.29, 0.717) is 5.15 Å². The van der Waals surface area contributed by atoms with Crippen molar-refractivity contribution >= 4 is 42.3 Å². The zero-order chi connectivity index (χ0) is 10.8. The van der Waals surface area contributed by atoms with Gasteiger partial charge in [0, 0.05) is 9.77 Å². The predicted octanol–water partition coefficient (Wildman–Crippen LogP) is 3.57. The monoisotopic (exact) mass is 335 g/mol. The smallest absolute Gasteiger partial charge is 0.130 e. The number of halogens is 2. The molecule has 4 heteroatoms. The van der Waals surface area contributed by atoms with Gasteiger partial charge in [-0.05, 0) is 28.7 Å². The summed E-state index contributed by atoms with van der Waals surface area (Å²) in [4.78, 5) is 4.01. The lowest BCUT2D eigenvalue weighted by Gasteiger charge is -2.03. The van der Waals surface area contributed by atoms with Gasteiger partial charge in [0.05, 0.1) is 5.56 Å². The van der Waals surface area contributed by atoms with E-state index in [4.69, 9.17) is 11.6 Å². The van der Waals surface area contributed by atoms with E-state index in [1.807, 2.05) is 6.07 Å². The molecular formula is C10H11ClINSi. The second kappa shape index (κ2) is 4.64. The third kappa shape index (κ3) is 3.99. The Bertz CT molecular complexity index is 401. The summed E-state index contributed by atoms with van der Waals surface area (Å²) >= 11 is 7.98.